The number of anilines is 2. The van der Waals surface area contributed by atoms with Gasteiger partial charge >= 0.3 is 6.03 Å². The summed E-state index contributed by atoms with van der Waals surface area (Å²) in [6, 6.07) is 7.29. The largest absolute Gasteiger partial charge is 0.376 e. The highest BCUT2D eigenvalue weighted by molar-refractivity contribution is 7.09. The molecule has 0 unspecified atom stereocenters. The minimum atomic E-state index is -0.583. The van der Waals surface area contributed by atoms with Gasteiger partial charge in [-0.15, -0.1) is 11.3 Å². The van der Waals surface area contributed by atoms with E-state index in [4.69, 9.17) is 0 Å². The summed E-state index contributed by atoms with van der Waals surface area (Å²) in [6.07, 6.45) is 0.693. The fourth-order valence-electron chi connectivity index (χ4n) is 2.07. The Hall–Kier alpha value is -2.94. The third-order valence-corrected chi connectivity index (χ3v) is 4.16. The van der Waals surface area contributed by atoms with Crippen molar-refractivity contribution in [3.8, 4) is 0 Å². The number of nitrogens with one attached hydrogen (secondary N) is 4. The van der Waals surface area contributed by atoms with Crippen molar-refractivity contribution in [3.05, 3.63) is 46.4 Å². The smallest absolute Gasteiger partial charge is 0.321 e. The van der Waals surface area contributed by atoms with Crippen molar-refractivity contribution >= 4 is 40.6 Å². The summed E-state index contributed by atoms with van der Waals surface area (Å²) in [5.41, 5.74) is 0.442. The number of hydrogen-bond acceptors (Lipinski definition) is 5. The topological polar surface area (TPSA) is 99.3 Å². The lowest BCUT2D eigenvalue weighted by Gasteiger charge is -2.10. The first-order valence-electron chi connectivity index (χ1n) is 7.85. The Morgan fingerprint density at radius 3 is 2.69 bits per heavy atom. The van der Waals surface area contributed by atoms with Crippen molar-refractivity contribution in [3.63, 3.8) is 0 Å². The predicted molar refractivity (Wildman–Crippen MR) is 98.8 cm³/mol. The fraction of sp³-hybridized carbons (Fsp3) is 0.235. The zero-order valence-electron chi connectivity index (χ0n) is 14.1. The zero-order valence-corrected chi connectivity index (χ0v) is 14.9. The van der Waals surface area contributed by atoms with Gasteiger partial charge < -0.3 is 16.0 Å². The van der Waals surface area contributed by atoms with Crippen LogP contribution in [0.3, 0.4) is 0 Å². The molecule has 0 saturated heterocycles. The molecular formula is C17H19FN4O3S. The van der Waals surface area contributed by atoms with Crippen LogP contribution < -0.4 is 21.3 Å². The highest BCUT2D eigenvalue weighted by atomic mass is 32.1. The van der Waals surface area contributed by atoms with Crippen LogP contribution >= 0.6 is 11.3 Å². The molecule has 26 heavy (non-hydrogen) atoms. The van der Waals surface area contributed by atoms with Gasteiger partial charge in [0, 0.05) is 24.0 Å². The molecule has 2 rings (SSSR count). The van der Waals surface area contributed by atoms with Gasteiger partial charge in [-0.05, 0) is 36.1 Å². The second kappa shape index (κ2) is 9.52. The molecule has 0 aliphatic rings. The maximum absolute atomic E-state index is 13.5. The Morgan fingerprint density at radius 2 is 2.00 bits per heavy atom. The third kappa shape index (κ3) is 6.52. The highest BCUT2D eigenvalue weighted by Gasteiger charge is 2.09. The number of carbonyl (C=O) groups excluding carboxylic acids is 3. The lowest BCUT2D eigenvalue weighted by molar-refractivity contribution is -0.118. The first kappa shape index (κ1) is 19.4. The molecule has 0 bridgehead atoms. The standard InChI is InChI=1S/C17H19FN4O3S/c1-11(23)21-15-9-12(4-5-14(15)18)20-10-16(24)22-17(25)19-7-6-13-3-2-8-26-13/h2-5,8-9,20H,6-7,10H2,1H3,(H,21,23)(H2,19,22,24,25). The van der Waals surface area contributed by atoms with Crippen molar-refractivity contribution in [2.75, 3.05) is 23.7 Å². The number of thiophene rings is 1. The van der Waals surface area contributed by atoms with Crippen molar-refractivity contribution in [2.24, 2.45) is 0 Å². The lowest BCUT2D eigenvalue weighted by atomic mass is 10.2. The Kier molecular flexibility index (Phi) is 7.10. The van der Waals surface area contributed by atoms with E-state index in [0.29, 0.717) is 18.7 Å². The Morgan fingerprint density at radius 1 is 1.19 bits per heavy atom. The number of benzene rings is 1. The molecule has 0 spiro atoms. The summed E-state index contributed by atoms with van der Waals surface area (Å²) in [5, 5.41) is 11.9. The van der Waals surface area contributed by atoms with E-state index in [0.717, 1.165) is 4.88 Å². The number of imide groups is 1. The monoisotopic (exact) mass is 378 g/mol. The first-order valence-corrected chi connectivity index (χ1v) is 8.73. The number of urea groups is 1. The summed E-state index contributed by atoms with van der Waals surface area (Å²) in [7, 11) is 0. The average Bonchev–Trinajstić information content (AvgIpc) is 3.08. The first-order chi connectivity index (χ1) is 12.4. The molecule has 0 saturated carbocycles. The zero-order chi connectivity index (χ0) is 18.9. The van der Waals surface area contributed by atoms with E-state index in [-0.39, 0.29) is 12.2 Å². The van der Waals surface area contributed by atoms with E-state index in [9.17, 15) is 18.8 Å². The van der Waals surface area contributed by atoms with Gasteiger partial charge in [-0.25, -0.2) is 9.18 Å². The van der Waals surface area contributed by atoms with Crippen LogP contribution in [0.25, 0.3) is 0 Å². The number of hydrogen-bond donors (Lipinski definition) is 4. The molecule has 4 N–H and O–H groups in total. The van der Waals surface area contributed by atoms with Crippen molar-refractivity contribution in [2.45, 2.75) is 13.3 Å². The molecule has 9 heteroatoms. The van der Waals surface area contributed by atoms with Crippen LogP contribution in [-0.4, -0.2) is 30.9 Å². The minimum absolute atomic E-state index is 0.00854. The quantitative estimate of drug-likeness (QED) is 0.594. The maximum atomic E-state index is 13.5. The molecule has 2 aromatic rings. The Bertz CT molecular complexity index is 780. The lowest BCUT2D eigenvalue weighted by Crippen LogP contribution is -2.42. The highest BCUT2D eigenvalue weighted by Crippen LogP contribution is 2.19. The van der Waals surface area contributed by atoms with Crippen molar-refractivity contribution in [1.29, 1.82) is 0 Å². The van der Waals surface area contributed by atoms with Crippen LogP contribution in [0.2, 0.25) is 0 Å². The van der Waals surface area contributed by atoms with Crippen LogP contribution in [-0.2, 0) is 16.0 Å². The van der Waals surface area contributed by atoms with Crippen LogP contribution in [0.1, 0.15) is 11.8 Å². The normalized spacial score (nSPS) is 10.1. The molecule has 0 radical (unpaired) electrons. The maximum Gasteiger partial charge on any atom is 0.321 e. The van der Waals surface area contributed by atoms with E-state index in [1.54, 1.807) is 11.3 Å². The van der Waals surface area contributed by atoms with Gasteiger partial charge in [-0.3, -0.25) is 14.9 Å². The molecule has 0 atom stereocenters. The van der Waals surface area contributed by atoms with E-state index in [1.807, 2.05) is 17.5 Å². The van der Waals surface area contributed by atoms with E-state index in [1.165, 1.54) is 25.1 Å². The second-order valence-corrected chi connectivity index (χ2v) is 6.40. The van der Waals surface area contributed by atoms with Crippen molar-refractivity contribution in [1.82, 2.24) is 10.6 Å². The molecule has 7 nitrogen and oxygen atoms in total. The van der Waals surface area contributed by atoms with Crippen LogP contribution in [0, 0.1) is 5.82 Å². The SMILES string of the molecule is CC(=O)Nc1cc(NCC(=O)NC(=O)NCCc2cccs2)ccc1F. The average molecular weight is 378 g/mol. The second-order valence-electron chi connectivity index (χ2n) is 5.36. The van der Waals surface area contributed by atoms with Gasteiger partial charge in [-0.1, -0.05) is 6.07 Å². The van der Waals surface area contributed by atoms with E-state index in [2.05, 4.69) is 21.3 Å². The molecule has 1 aromatic heterocycles. The molecule has 138 valence electrons. The third-order valence-electron chi connectivity index (χ3n) is 3.22. The molecule has 1 heterocycles. The predicted octanol–water partition coefficient (Wildman–Crippen LogP) is 2.33. The van der Waals surface area contributed by atoms with Crippen LogP contribution in [0.4, 0.5) is 20.6 Å². The van der Waals surface area contributed by atoms with Gasteiger partial charge in [0.25, 0.3) is 0 Å². The molecule has 4 amide bonds. The number of halogens is 1. The summed E-state index contributed by atoms with van der Waals surface area (Å²) in [6.45, 7) is 1.51. The minimum Gasteiger partial charge on any atom is -0.376 e. The summed E-state index contributed by atoms with van der Waals surface area (Å²) in [5.74, 6) is -1.53. The Balaban J connectivity index is 1.74. The number of carbonyl (C=O) groups is 3. The van der Waals surface area contributed by atoms with Gasteiger partial charge in [0.05, 0.1) is 12.2 Å². The van der Waals surface area contributed by atoms with E-state index >= 15 is 0 Å². The van der Waals surface area contributed by atoms with E-state index < -0.39 is 23.7 Å². The summed E-state index contributed by atoms with van der Waals surface area (Å²) < 4.78 is 13.5. The molecule has 0 aliphatic carbocycles. The fourth-order valence-corrected chi connectivity index (χ4v) is 2.78. The molecular weight excluding hydrogens is 359 g/mol. The number of amides is 4. The summed E-state index contributed by atoms with van der Waals surface area (Å²) in [4.78, 5) is 35.6. The summed E-state index contributed by atoms with van der Waals surface area (Å²) >= 11 is 1.60. The van der Waals surface area contributed by atoms with Gasteiger partial charge in [-0.2, -0.15) is 0 Å². The van der Waals surface area contributed by atoms with Gasteiger partial charge in [0.2, 0.25) is 11.8 Å². The molecule has 0 aliphatic heterocycles. The molecule has 0 fully saturated rings. The van der Waals surface area contributed by atoms with Crippen molar-refractivity contribution < 1.29 is 18.8 Å². The van der Waals surface area contributed by atoms with Gasteiger partial charge in [0.1, 0.15) is 5.82 Å². The number of rotatable bonds is 7. The van der Waals surface area contributed by atoms with Crippen LogP contribution in [0.15, 0.2) is 35.7 Å². The van der Waals surface area contributed by atoms with Crippen LogP contribution in [0.5, 0.6) is 0 Å². The Labute approximate surface area is 154 Å². The molecule has 1 aromatic carbocycles. The van der Waals surface area contributed by atoms with Gasteiger partial charge in [0.15, 0.2) is 0 Å².